The highest BCUT2D eigenvalue weighted by atomic mass is 35.5. The Bertz CT molecular complexity index is 702. The van der Waals surface area contributed by atoms with E-state index in [0.29, 0.717) is 37.5 Å². The number of nitrogens with zero attached hydrogens (tertiary/aromatic N) is 1. The van der Waals surface area contributed by atoms with E-state index in [9.17, 15) is 13.2 Å². The van der Waals surface area contributed by atoms with Crippen LogP contribution in [0.1, 0.15) is 39.0 Å². The molecule has 0 spiro atoms. The van der Waals surface area contributed by atoms with Crippen LogP contribution in [0.5, 0.6) is 0 Å². The van der Waals surface area contributed by atoms with Gasteiger partial charge in [-0.15, -0.1) is 0 Å². The van der Waals surface area contributed by atoms with Crippen molar-refractivity contribution in [3.05, 3.63) is 28.2 Å². The van der Waals surface area contributed by atoms with Gasteiger partial charge in [0.15, 0.2) is 0 Å². The van der Waals surface area contributed by atoms with Crippen molar-refractivity contribution in [2.75, 3.05) is 19.6 Å². The van der Waals surface area contributed by atoms with Gasteiger partial charge in [-0.2, -0.15) is 4.31 Å². The number of amides is 1. The second-order valence-electron chi connectivity index (χ2n) is 6.25. The van der Waals surface area contributed by atoms with Crippen molar-refractivity contribution in [1.82, 2.24) is 9.62 Å². The average molecular weight is 407 g/mol. The summed E-state index contributed by atoms with van der Waals surface area (Å²) in [6, 6.07) is 4.40. The van der Waals surface area contributed by atoms with E-state index in [0.717, 1.165) is 19.3 Å². The zero-order valence-corrected chi connectivity index (χ0v) is 16.6. The van der Waals surface area contributed by atoms with E-state index in [1.54, 1.807) is 6.07 Å². The highest BCUT2D eigenvalue weighted by Gasteiger charge is 2.33. The molecule has 1 fully saturated rings. The second kappa shape index (κ2) is 9.21. The standard InChI is InChI=1S/C17H24Cl2N2O3S/c1-2-3-4-9-20-17(22)13-7-10-21(11-8-13)25(23,24)16-12-14(18)5-6-15(16)19/h5-6,12-13H,2-4,7-11H2,1H3,(H,20,22). The number of benzene rings is 1. The molecule has 25 heavy (non-hydrogen) atoms. The topological polar surface area (TPSA) is 66.5 Å². The Morgan fingerprint density at radius 2 is 1.92 bits per heavy atom. The van der Waals surface area contributed by atoms with Crippen molar-refractivity contribution in [2.24, 2.45) is 5.92 Å². The molecule has 1 N–H and O–H groups in total. The van der Waals surface area contributed by atoms with Gasteiger partial charge in [0, 0.05) is 30.6 Å². The summed E-state index contributed by atoms with van der Waals surface area (Å²) in [5.41, 5.74) is 0. The fraction of sp³-hybridized carbons (Fsp3) is 0.588. The molecular formula is C17H24Cl2N2O3S. The first-order chi connectivity index (χ1) is 11.9. The van der Waals surface area contributed by atoms with Crippen LogP contribution in [0.4, 0.5) is 0 Å². The van der Waals surface area contributed by atoms with E-state index >= 15 is 0 Å². The SMILES string of the molecule is CCCCCNC(=O)C1CCN(S(=O)(=O)c2cc(Cl)ccc2Cl)CC1. The fourth-order valence-electron chi connectivity index (χ4n) is 2.90. The zero-order chi connectivity index (χ0) is 18.4. The Hall–Kier alpha value is -0.820. The van der Waals surface area contributed by atoms with Gasteiger partial charge in [-0.05, 0) is 37.5 Å². The molecule has 1 heterocycles. The number of carbonyl (C=O) groups is 1. The molecule has 0 radical (unpaired) electrons. The predicted molar refractivity (Wildman–Crippen MR) is 100 cm³/mol. The van der Waals surface area contributed by atoms with Gasteiger partial charge in [0.1, 0.15) is 4.90 Å². The lowest BCUT2D eigenvalue weighted by Crippen LogP contribution is -2.43. The molecule has 0 aliphatic carbocycles. The minimum atomic E-state index is -3.70. The van der Waals surface area contributed by atoms with Crippen molar-refractivity contribution in [3.8, 4) is 0 Å². The van der Waals surface area contributed by atoms with Gasteiger partial charge >= 0.3 is 0 Å². The van der Waals surface area contributed by atoms with Crippen LogP contribution in [0.3, 0.4) is 0 Å². The van der Waals surface area contributed by atoms with E-state index < -0.39 is 10.0 Å². The van der Waals surface area contributed by atoms with Crippen molar-refractivity contribution in [1.29, 1.82) is 0 Å². The first-order valence-corrected chi connectivity index (χ1v) is 10.8. The van der Waals surface area contributed by atoms with Crippen LogP contribution in [-0.2, 0) is 14.8 Å². The van der Waals surface area contributed by atoms with Gasteiger partial charge < -0.3 is 5.32 Å². The van der Waals surface area contributed by atoms with Gasteiger partial charge in [-0.1, -0.05) is 43.0 Å². The van der Waals surface area contributed by atoms with Crippen molar-refractivity contribution in [3.63, 3.8) is 0 Å². The van der Waals surface area contributed by atoms with Gasteiger partial charge in [-0.25, -0.2) is 8.42 Å². The number of hydrogen-bond acceptors (Lipinski definition) is 3. The van der Waals surface area contributed by atoms with Gasteiger partial charge in [0.05, 0.1) is 5.02 Å². The third-order valence-electron chi connectivity index (χ3n) is 4.42. The molecule has 1 amide bonds. The smallest absolute Gasteiger partial charge is 0.244 e. The lowest BCUT2D eigenvalue weighted by molar-refractivity contribution is -0.126. The highest BCUT2D eigenvalue weighted by Crippen LogP contribution is 2.30. The Morgan fingerprint density at radius 1 is 1.24 bits per heavy atom. The molecular weight excluding hydrogens is 383 g/mol. The Morgan fingerprint density at radius 3 is 2.56 bits per heavy atom. The molecule has 0 atom stereocenters. The Labute approximate surface area is 159 Å². The highest BCUT2D eigenvalue weighted by molar-refractivity contribution is 7.89. The molecule has 2 rings (SSSR count). The largest absolute Gasteiger partial charge is 0.356 e. The lowest BCUT2D eigenvalue weighted by Gasteiger charge is -2.30. The fourth-order valence-corrected chi connectivity index (χ4v) is 5.11. The molecule has 1 aliphatic rings. The molecule has 0 bridgehead atoms. The molecule has 0 aromatic heterocycles. The van der Waals surface area contributed by atoms with Crippen molar-refractivity contribution < 1.29 is 13.2 Å². The van der Waals surface area contributed by atoms with Gasteiger partial charge in [0.2, 0.25) is 15.9 Å². The number of unbranched alkanes of at least 4 members (excludes halogenated alkanes) is 2. The number of sulfonamides is 1. The molecule has 140 valence electrons. The number of piperidine rings is 1. The van der Waals surface area contributed by atoms with Crippen LogP contribution < -0.4 is 5.32 Å². The summed E-state index contributed by atoms with van der Waals surface area (Å²) in [7, 11) is -3.70. The van der Waals surface area contributed by atoms with E-state index in [1.807, 2.05) is 0 Å². The molecule has 1 aromatic rings. The van der Waals surface area contributed by atoms with E-state index in [4.69, 9.17) is 23.2 Å². The van der Waals surface area contributed by atoms with E-state index in [1.165, 1.54) is 16.4 Å². The van der Waals surface area contributed by atoms with Crippen LogP contribution in [-0.4, -0.2) is 38.3 Å². The van der Waals surface area contributed by atoms with Gasteiger partial charge in [0.25, 0.3) is 0 Å². The second-order valence-corrected chi connectivity index (χ2v) is 9.00. The average Bonchev–Trinajstić information content (AvgIpc) is 2.60. The van der Waals surface area contributed by atoms with Gasteiger partial charge in [-0.3, -0.25) is 4.79 Å². The summed E-state index contributed by atoms with van der Waals surface area (Å²) in [5, 5.41) is 3.42. The van der Waals surface area contributed by atoms with E-state index in [-0.39, 0.29) is 21.7 Å². The van der Waals surface area contributed by atoms with Crippen molar-refractivity contribution in [2.45, 2.75) is 43.9 Å². The minimum Gasteiger partial charge on any atom is -0.356 e. The molecule has 0 unspecified atom stereocenters. The van der Waals surface area contributed by atoms with Crippen LogP contribution >= 0.6 is 23.2 Å². The summed E-state index contributed by atoms with van der Waals surface area (Å²) < 4.78 is 26.9. The maximum Gasteiger partial charge on any atom is 0.244 e. The Balaban J connectivity index is 1.95. The zero-order valence-electron chi connectivity index (χ0n) is 14.3. The Kier molecular flexibility index (Phi) is 7.55. The van der Waals surface area contributed by atoms with Crippen LogP contribution in [0.2, 0.25) is 10.0 Å². The summed E-state index contributed by atoms with van der Waals surface area (Å²) in [5.74, 6) is -0.114. The minimum absolute atomic E-state index is 0.0177. The summed E-state index contributed by atoms with van der Waals surface area (Å²) in [6.07, 6.45) is 4.20. The van der Waals surface area contributed by atoms with Crippen LogP contribution in [0, 0.1) is 5.92 Å². The predicted octanol–water partition coefficient (Wildman–Crippen LogP) is 3.70. The maximum absolute atomic E-state index is 12.8. The van der Waals surface area contributed by atoms with Crippen molar-refractivity contribution >= 4 is 39.1 Å². The number of rotatable bonds is 7. The number of hydrogen-bond donors (Lipinski definition) is 1. The molecule has 5 nitrogen and oxygen atoms in total. The summed E-state index contributed by atoms with van der Waals surface area (Å²) >= 11 is 11.9. The summed E-state index contributed by atoms with van der Waals surface area (Å²) in [4.78, 5) is 12.2. The molecule has 8 heteroatoms. The number of carbonyl (C=O) groups excluding carboxylic acids is 1. The quantitative estimate of drug-likeness (QED) is 0.701. The third kappa shape index (κ3) is 5.33. The number of nitrogens with one attached hydrogen (secondary N) is 1. The van der Waals surface area contributed by atoms with Crippen LogP contribution in [0.15, 0.2) is 23.1 Å². The first-order valence-electron chi connectivity index (χ1n) is 8.59. The lowest BCUT2D eigenvalue weighted by atomic mass is 9.97. The first kappa shape index (κ1) is 20.5. The molecule has 0 saturated carbocycles. The third-order valence-corrected chi connectivity index (χ3v) is 7.03. The maximum atomic E-state index is 12.8. The normalized spacial score (nSPS) is 16.8. The van der Waals surface area contributed by atoms with Crippen LogP contribution in [0.25, 0.3) is 0 Å². The summed E-state index contributed by atoms with van der Waals surface area (Å²) in [6.45, 7) is 3.41. The number of halogens is 2. The van der Waals surface area contributed by atoms with E-state index in [2.05, 4.69) is 12.2 Å². The molecule has 1 saturated heterocycles. The molecule has 1 aliphatic heterocycles. The monoisotopic (exact) mass is 406 g/mol. The molecule has 1 aromatic carbocycles.